The molecule has 0 spiro atoms. The number of fused-ring (bicyclic) bond motifs is 5. The molecule has 0 aromatic heterocycles. The highest BCUT2D eigenvalue weighted by atomic mass is 16.3. The molecule has 2 nitrogen and oxygen atoms in total. The van der Waals surface area contributed by atoms with E-state index < -0.39 is 0 Å². The Labute approximate surface area is 135 Å². The molecule has 4 aliphatic carbocycles. The minimum atomic E-state index is -0.0733. The van der Waals surface area contributed by atoms with Crippen molar-refractivity contribution in [2.24, 2.45) is 40.4 Å². The Balaban J connectivity index is 1.65. The number of aliphatic hydroxyl groups excluding tert-OH is 1. The van der Waals surface area contributed by atoms with Gasteiger partial charge < -0.3 is 5.11 Å². The lowest BCUT2D eigenvalue weighted by Crippen LogP contribution is -2.55. The number of ketones is 1. The van der Waals surface area contributed by atoms with E-state index in [4.69, 9.17) is 0 Å². The van der Waals surface area contributed by atoms with Gasteiger partial charge in [0, 0.05) is 12.3 Å². The minimum Gasteiger partial charge on any atom is -0.393 e. The fourth-order valence-electron chi connectivity index (χ4n) is 7.38. The first-order valence-corrected chi connectivity index (χ1v) is 9.57. The Hall–Kier alpha value is -0.370. The molecule has 0 aliphatic heterocycles. The molecule has 0 amide bonds. The van der Waals surface area contributed by atoms with E-state index in [9.17, 15) is 9.90 Å². The second-order valence-electron chi connectivity index (χ2n) is 9.57. The third kappa shape index (κ3) is 1.85. The fourth-order valence-corrected chi connectivity index (χ4v) is 7.38. The Morgan fingerprint density at radius 3 is 2.50 bits per heavy atom. The summed E-state index contributed by atoms with van der Waals surface area (Å²) >= 11 is 0. The van der Waals surface area contributed by atoms with Crippen LogP contribution in [0.5, 0.6) is 0 Å². The van der Waals surface area contributed by atoms with Crippen molar-refractivity contribution in [2.75, 3.05) is 0 Å². The molecule has 4 aliphatic rings. The van der Waals surface area contributed by atoms with Crippen molar-refractivity contribution in [1.29, 1.82) is 0 Å². The van der Waals surface area contributed by atoms with Gasteiger partial charge in [0.25, 0.3) is 0 Å². The summed E-state index contributed by atoms with van der Waals surface area (Å²) in [6.45, 7) is 7.01. The molecule has 4 fully saturated rings. The van der Waals surface area contributed by atoms with Crippen molar-refractivity contribution in [2.45, 2.75) is 78.2 Å². The topological polar surface area (TPSA) is 37.3 Å². The number of carbonyl (C=O) groups excluding carboxylic acids is 1. The van der Waals surface area contributed by atoms with Crippen LogP contribution in [0.25, 0.3) is 0 Å². The Morgan fingerprint density at radius 2 is 1.73 bits per heavy atom. The monoisotopic (exact) mass is 304 g/mol. The number of aliphatic hydroxyl groups is 1. The Morgan fingerprint density at radius 1 is 1.00 bits per heavy atom. The molecule has 0 saturated heterocycles. The van der Waals surface area contributed by atoms with Crippen LogP contribution in [0.3, 0.4) is 0 Å². The SMILES string of the molecule is C[C@H]1C[C@@]2(C)[C@H](CC[C@@H]3[C@@H]2CC[C@]2(C)[C@@H](O)CC[C@@H]32)CC1=O. The second kappa shape index (κ2) is 4.82. The van der Waals surface area contributed by atoms with Crippen molar-refractivity contribution in [1.82, 2.24) is 0 Å². The van der Waals surface area contributed by atoms with Gasteiger partial charge >= 0.3 is 0 Å². The lowest BCUT2D eigenvalue weighted by atomic mass is 9.44. The van der Waals surface area contributed by atoms with Crippen molar-refractivity contribution < 1.29 is 9.90 Å². The van der Waals surface area contributed by atoms with Crippen molar-refractivity contribution in [3.05, 3.63) is 0 Å². The van der Waals surface area contributed by atoms with E-state index in [1.54, 1.807) is 0 Å². The molecule has 0 aromatic rings. The predicted octanol–water partition coefficient (Wildman–Crippen LogP) is 4.21. The summed E-state index contributed by atoms with van der Waals surface area (Å²) < 4.78 is 0. The molecule has 0 heterocycles. The van der Waals surface area contributed by atoms with Gasteiger partial charge in [-0.25, -0.2) is 0 Å². The second-order valence-corrected chi connectivity index (χ2v) is 9.57. The van der Waals surface area contributed by atoms with Crippen LogP contribution < -0.4 is 0 Å². The molecule has 0 unspecified atom stereocenters. The molecule has 0 aromatic carbocycles. The zero-order valence-electron chi connectivity index (χ0n) is 14.5. The average Bonchev–Trinajstić information content (AvgIpc) is 2.77. The highest BCUT2D eigenvalue weighted by Gasteiger charge is 2.60. The van der Waals surface area contributed by atoms with Crippen LogP contribution in [0.2, 0.25) is 0 Å². The quantitative estimate of drug-likeness (QED) is 0.728. The van der Waals surface area contributed by atoms with Crippen LogP contribution >= 0.6 is 0 Å². The zero-order valence-corrected chi connectivity index (χ0v) is 14.5. The van der Waals surface area contributed by atoms with Crippen LogP contribution in [0.4, 0.5) is 0 Å². The van der Waals surface area contributed by atoms with Crippen molar-refractivity contribution in [3.63, 3.8) is 0 Å². The first kappa shape index (κ1) is 15.2. The van der Waals surface area contributed by atoms with Crippen LogP contribution in [0.15, 0.2) is 0 Å². The number of hydrogen-bond acceptors (Lipinski definition) is 2. The van der Waals surface area contributed by atoms with Gasteiger partial charge in [-0.05, 0) is 79.4 Å². The maximum atomic E-state index is 12.2. The van der Waals surface area contributed by atoms with E-state index in [0.717, 1.165) is 37.0 Å². The molecule has 4 saturated carbocycles. The smallest absolute Gasteiger partial charge is 0.136 e. The third-order valence-corrected chi connectivity index (χ3v) is 8.76. The van der Waals surface area contributed by atoms with E-state index >= 15 is 0 Å². The summed E-state index contributed by atoms with van der Waals surface area (Å²) in [4.78, 5) is 12.2. The minimum absolute atomic E-state index is 0.0733. The van der Waals surface area contributed by atoms with E-state index in [2.05, 4.69) is 20.8 Å². The Kier molecular flexibility index (Phi) is 3.32. The summed E-state index contributed by atoms with van der Waals surface area (Å²) in [7, 11) is 0. The number of hydrogen-bond donors (Lipinski definition) is 1. The number of carbonyl (C=O) groups is 1. The molecule has 8 atom stereocenters. The van der Waals surface area contributed by atoms with Crippen LogP contribution in [0, 0.1) is 40.4 Å². The zero-order chi connectivity index (χ0) is 15.7. The third-order valence-electron chi connectivity index (χ3n) is 8.76. The summed E-state index contributed by atoms with van der Waals surface area (Å²) in [5.74, 6) is 3.74. The standard InChI is InChI=1S/C20H32O2/c1-12-11-20(3)13(10-17(12)21)4-5-14-15-6-7-18(22)19(15,2)9-8-16(14)20/h12-16,18,22H,4-11H2,1-3H3/t12-,13+,14-,15-,16-,18-,19-,20-/m0/s1. The summed E-state index contributed by atoms with van der Waals surface area (Å²) in [5.41, 5.74) is 0.561. The lowest BCUT2D eigenvalue weighted by Gasteiger charge is -2.60. The molecule has 22 heavy (non-hydrogen) atoms. The summed E-state index contributed by atoms with van der Waals surface area (Å²) in [6.07, 6.45) is 9.16. The fraction of sp³-hybridized carbons (Fsp3) is 0.950. The number of Topliss-reactive ketones (excluding diaryl/α,β-unsaturated/α-hetero) is 1. The Bertz CT molecular complexity index is 486. The van der Waals surface area contributed by atoms with Crippen molar-refractivity contribution in [3.8, 4) is 0 Å². The lowest BCUT2D eigenvalue weighted by molar-refractivity contribution is -0.148. The van der Waals surface area contributed by atoms with Gasteiger partial charge in [0.2, 0.25) is 0 Å². The van der Waals surface area contributed by atoms with Gasteiger partial charge in [-0.2, -0.15) is 0 Å². The highest BCUT2D eigenvalue weighted by Crippen LogP contribution is 2.66. The summed E-state index contributed by atoms with van der Waals surface area (Å²) in [5, 5.41) is 10.5. The summed E-state index contributed by atoms with van der Waals surface area (Å²) in [6, 6.07) is 0. The van der Waals surface area contributed by atoms with Gasteiger partial charge in [0.1, 0.15) is 5.78 Å². The van der Waals surface area contributed by atoms with Crippen LogP contribution in [-0.4, -0.2) is 17.0 Å². The van der Waals surface area contributed by atoms with E-state index in [1.807, 2.05) is 0 Å². The maximum absolute atomic E-state index is 12.2. The predicted molar refractivity (Wildman–Crippen MR) is 87.3 cm³/mol. The normalized spacial score (nSPS) is 57.9. The maximum Gasteiger partial charge on any atom is 0.136 e. The van der Waals surface area contributed by atoms with E-state index in [0.29, 0.717) is 17.1 Å². The first-order valence-electron chi connectivity index (χ1n) is 9.57. The van der Waals surface area contributed by atoms with Crippen LogP contribution in [-0.2, 0) is 4.79 Å². The molecule has 1 N–H and O–H groups in total. The average molecular weight is 304 g/mol. The van der Waals surface area contributed by atoms with Gasteiger partial charge in [-0.15, -0.1) is 0 Å². The molecule has 0 bridgehead atoms. The van der Waals surface area contributed by atoms with E-state index in [1.165, 1.54) is 32.1 Å². The molecule has 2 heteroatoms. The first-order chi connectivity index (χ1) is 10.4. The molecule has 4 rings (SSSR count). The van der Waals surface area contributed by atoms with Crippen LogP contribution in [0.1, 0.15) is 72.1 Å². The molecular weight excluding hydrogens is 272 g/mol. The van der Waals surface area contributed by atoms with Gasteiger partial charge in [-0.1, -0.05) is 20.8 Å². The van der Waals surface area contributed by atoms with E-state index in [-0.39, 0.29) is 17.4 Å². The van der Waals surface area contributed by atoms with Crippen molar-refractivity contribution >= 4 is 5.78 Å². The van der Waals surface area contributed by atoms with Gasteiger partial charge in [0.05, 0.1) is 6.10 Å². The number of rotatable bonds is 0. The molecule has 0 radical (unpaired) electrons. The molecule has 124 valence electrons. The highest BCUT2D eigenvalue weighted by molar-refractivity contribution is 5.82. The van der Waals surface area contributed by atoms with Gasteiger partial charge in [0.15, 0.2) is 0 Å². The van der Waals surface area contributed by atoms with Gasteiger partial charge in [-0.3, -0.25) is 4.79 Å². The molecular formula is C20H32O2. The largest absolute Gasteiger partial charge is 0.393 e.